The molecule has 0 unspecified atom stereocenters. The fourth-order valence-electron chi connectivity index (χ4n) is 1.92. The molecule has 0 bridgehead atoms. The lowest BCUT2D eigenvalue weighted by molar-refractivity contribution is 0.355. The molecule has 0 amide bonds. The van der Waals surface area contributed by atoms with Crippen LogP contribution in [0.1, 0.15) is 38.8 Å². The second-order valence-corrected chi connectivity index (χ2v) is 5.87. The Morgan fingerprint density at radius 2 is 2.00 bits per heavy atom. The second-order valence-electron chi connectivity index (χ2n) is 5.87. The van der Waals surface area contributed by atoms with E-state index in [1.165, 1.54) is 16.8 Å². The van der Waals surface area contributed by atoms with Crippen LogP contribution in [0.15, 0.2) is 36.7 Å². The molecule has 0 aliphatic heterocycles. The zero-order valence-electron chi connectivity index (χ0n) is 12.3. The number of hydrogen-bond acceptors (Lipinski definition) is 2. The van der Waals surface area contributed by atoms with Crippen molar-refractivity contribution < 1.29 is 0 Å². The van der Waals surface area contributed by atoms with Gasteiger partial charge in [-0.05, 0) is 44.9 Å². The Morgan fingerprint density at radius 1 is 1.21 bits per heavy atom. The number of nitrogens with zero attached hydrogens (tertiary/aromatic N) is 2. The maximum atomic E-state index is 4.41. The van der Waals surface area contributed by atoms with Gasteiger partial charge in [-0.25, -0.2) is 0 Å². The van der Waals surface area contributed by atoms with Gasteiger partial charge < -0.3 is 5.32 Å². The Balaban J connectivity index is 2.00. The van der Waals surface area contributed by atoms with E-state index in [4.69, 9.17) is 0 Å². The second kappa shape index (κ2) is 5.47. The summed E-state index contributed by atoms with van der Waals surface area (Å²) in [7, 11) is 0. The van der Waals surface area contributed by atoms with Crippen molar-refractivity contribution in [3.63, 3.8) is 0 Å². The quantitative estimate of drug-likeness (QED) is 0.902. The van der Waals surface area contributed by atoms with Gasteiger partial charge in [0.25, 0.3) is 0 Å². The van der Waals surface area contributed by atoms with Crippen molar-refractivity contribution in [3.8, 4) is 0 Å². The van der Waals surface area contributed by atoms with Crippen LogP contribution < -0.4 is 5.32 Å². The predicted octanol–water partition coefficient (Wildman–Crippen LogP) is 3.81. The highest BCUT2D eigenvalue weighted by Crippen LogP contribution is 2.15. The molecular weight excluding hydrogens is 234 g/mol. The molecule has 1 heterocycles. The first kappa shape index (κ1) is 13.7. The molecule has 0 saturated carbocycles. The number of aryl methyl sites for hydroxylation is 1. The molecule has 0 aliphatic rings. The minimum absolute atomic E-state index is 0.0420. The summed E-state index contributed by atoms with van der Waals surface area (Å²) in [5, 5.41) is 7.86. The van der Waals surface area contributed by atoms with E-state index >= 15 is 0 Å². The van der Waals surface area contributed by atoms with Crippen molar-refractivity contribution in [3.05, 3.63) is 47.8 Å². The SMILES string of the molecule is CCc1cccc(NCc2cnn(C(C)(C)C)c2)c1. The molecule has 2 rings (SSSR count). The van der Waals surface area contributed by atoms with Crippen molar-refractivity contribution in [2.75, 3.05) is 5.32 Å². The first-order valence-electron chi connectivity index (χ1n) is 6.86. The molecular formula is C16H23N3. The molecule has 0 fully saturated rings. The Kier molecular flexibility index (Phi) is 3.93. The molecule has 1 aromatic carbocycles. The van der Waals surface area contributed by atoms with Gasteiger partial charge in [0.1, 0.15) is 0 Å². The minimum atomic E-state index is 0.0420. The standard InChI is InChI=1S/C16H23N3/c1-5-13-7-6-8-15(9-13)17-10-14-11-18-19(12-14)16(2,3)4/h6-9,11-12,17H,5,10H2,1-4H3. The van der Waals surface area contributed by atoms with E-state index in [1.807, 2.05) is 10.9 Å². The van der Waals surface area contributed by atoms with Gasteiger partial charge in [-0.2, -0.15) is 5.10 Å². The van der Waals surface area contributed by atoms with Crippen LogP contribution in [-0.2, 0) is 18.5 Å². The lowest BCUT2D eigenvalue weighted by Gasteiger charge is -2.18. The van der Waals surface area contributed by atoms with Crippen LogP contribution in [-0.4, -0.2) is 9.78 Å². The van der Waals surface area contributed by atoms with Gasteiger partial charge >= 0.3 is 0 Å². The number of nitrogens with one attached hydrogen (secondary N) is 1. The summed E-state index contributed by atoms with van der Waals surface area (Å²) in [6, 6.07) is 8.56. The Morgan fingerprint density at radius 3 is 2.63 bits per heavy atom. The number of aromatic nitrogens is 2. The van der Waals surface area contributed by atoms with Crippen LogP contribution in [0.4, 0.5) is 5.69 Å². The van der Waals surface area contributed by atoms with Crippen molar-refractivity contribution in [1.29, 1.82) is 0 Å². The van der Waals surface area contributed by atoms with Crippen LogP contribution in [0.2, 0.25) is 0 Å². The number of hydrogen-bond donors (Lipinski definition) is 1. The summed E-state index contributed by atoms with van der Waals surface area (Å²) in [5.41, 5.74) is 3.77. The monoisotopic (exact) mass is 257 g/mol. The van der Waals surface area contributed by atoms with Gasteiger partial charge in [-0.3, -0.25) is 4.68 Å². The van der Waals surface area contributed by atoms with Crippen molar-refractivity contribution >= 4 is 5.69 Å². The van der Waals surface area contributed by atoms with Crippen LogP contribution >= 0.6 is 0 Å². The molecule has 0 atom stereocenters. The summed E-state index contributed by atoms with van der Waals surface area (Å²) in [4.78, 5) is 0. The van der Waals surface area contributed by atoms with Gasteiger partial charge in [0.15, 0.2) is 0 Å². The van der Waals surface area contributed by atoms with Gasteiger partial charge in [0.2, 0.25) is 0 Å². The van der Waals surface area contributed by atoms with E-state index in [0.29, 0.717) is 0 Å². The number of rotatable bonds is 4. The van der Waals surface area contributed by atoms with E-state index in [1.54, 1.807) is 0 Å². The third kappa shape index (κ3) is 3.60. The molecule has 0 saturated heterocycles. The minimum Gasteiger partial charge on any atom is -0.381 e. The smallest absolute Gasteiger partial charge is 0.0543 e. The molecule has 0 radical (unpaired) electrons. The summed E-state index contributed by atoms with van der Waals surface area (Å²) < 4.78 is 2.01. The van der Waals surface area contributed by atoms with Crippen molar-refractivity contribution in [1.82, 2.24) is 9.78 Å². The normalized spacial score (nSPS) is 11.6. The van der Waals surface area contributed by atoms with Gasteiger partial charge in [0, 0.05) is 24.0 Å². The van der Waals surface area contributed by atoms with Gasteiger partial charge in [-0.15, -0.1) is 0 Å². The first-order chi connectivity index (χ1) is 8.99. The summed E-state index contributed by atoms with van der Waals surface area (Å²) in [5.74, 6) is 0. The molecule has 3 heteroatoms. The van der Waals surface area contributed by atoms with Crippen molar-refractivity contribution in [2.24, 2.45) is 0 Å². The highest BCUT2D eigenvalue weighted by molar-refractivity contribution is 5.46. The highest BCUT2D eigenvalue weighted by atomic mass is 15.3. The molecule has 0 aliphatic carbocycles. The molecule has 3 nitrogen and oxygen atoms in total. The highest BCUT2D eigenvalue weighted by Gasteiger charge is 2.13. The molecule has 2 aromatic rings. The van der Waals surface area contributed by atoms with E-state index < -0.39 is 0 Å². The predicted molar refractivity (Wildman–Crippen MR) is 80.4 cm³/mol. The summed E-state index contributed by atoms with van der Waals surface area (Å²) >= 11 is 0. The number of anilines is 1. The Labute approximate surface area is 115 Å². The lowest BCUT2D eigenvalue weighted by Crippen LogP contribution is -2.21. The number of benzene rings is 1. The van der Waals surface area contributed by atoms with E-state index in [9.17, 15) is 0 Å². The van der Waals surface area contributed by atoms with Gasteiger partial charge in [0.05, 0.1) is 11.7 Å². The van der Waals surface area contributed by atoms with E-state index in [2.05, 4.69) is 68.6 Å². The van der Waals surface area contributed by atoms with E-state index in [0.717, 1.165) is 13.0 Å². The molecule has 102 valence electrons. The first-order valence-corrected chi connectivity index (χ1v) is 6.86. The van der Waals surface area contributed by atoms with Crippen LogP contribution in [0.5, 0.6) is 0 Å². The molecule has 19 heavy (non-hydrogen) atoms. The Bertz CT molecular complexity index is 535. The zero-order valence-corrected chi connectivity index (χ0v) is 12.3. The van der Waals surface area contributed by atoms with Crippen LogP contribution in [0.3, 0.4) is 0 Å². The summed E-state index contributed by atoms with van der Waals surface area (Å²) in [6.45, 7) is 9.45. The largest absolute Gasteiger partial charge is 0.381 e. The summed E-state index contributed by atoms with van der Waals surface area (Å²) in [6.07, 6.45) is 5.11. The zero-order chi connectivity index (χ0) is 13.9. The lowest BCUT2D eigenvalue weighted by atomic mass is 10.1. The molecule has 0 spiro atoms. The average molecular weight is 257 g/mol. The fourth-order valence-corrected chi connectivity index (χ4v) is 1.92. The van der Waals surface area contributed by atoms with Crippen LogP contribution in [0.25, 0.3) is 0 Å². The van der Waals surface area contributed by atoms with E-state index in [-0.39, 0.29) is 5.54 Å². The fraction of sp³-hybridized carbons (Fsp3) is 0.438. The average Bonchev–Trinajstić information content (AvgIpc) is 2.85. The molecule has 1 N–H and O–H groups in total. The third-order valence-corrected chi connectivity index (χ3v) is 3.16. The van der Waals surface area contributed by atoms with Crippen LogP contribution in [0, 0.1) is 0 Å². The maximum absolute atomic E-state index is 4.41. The van der Waals surface area contributed by atoms with Crippen molar-refractivity contribution in [2.45, 2.75) is 46.2 Å². The van der Waals surface area contributed by atoms with Gasteiger partial charge in [-0.1, -0.05) is 19.1 Å². The topological polar surface area (TPSA) is 29.9 Å². The Hall–Kier alpha value is -1.77. The molecule has 1 aromatic heterocycles. The third-order valence-electron chi connectivity index (χ3n) is 3.16. The maximum Gasteiger partial charge on any atom is 0.0543 e.